The molecule has 0 aromatic heterocycles. The molecule has 0 bridgehead atoms. The van der Waals surface area contributed by atoms with Crippen LogP contribution in [-0.4, -0.2) is 12.1 Å². The van der Waals surface area contributed by atoms with Crippen molar-refractivity contribution in [1.82, 2.24) is 0 Å². The normalized spacial score (nSPS) is 24.8. The van der Waals surface area contributed by atoms with Crippen molar-refractivity contribution in [2.45, 2.75) is 31.3 Å². The van der Waals surface area contributed by atoms with Gasteiger partial charge in [0, 0.05) is 12.1 Å². The lowest BCUT2D eigenvalue weighted by Crippen LogP contribution is -2.21. The highest BCUT2D eigenvalue weighted by atomic mass is 14.9. The number of hydrogen-bond acceptors (Lipinski definition) is 3. The Morgan fingerprint density at radius 2 is 2.13 bits per heavy atom. The Balaban J connectivity index is 2.08. The summed E-state index contributed by atoms with van der Waals surface area (Å²) >= 11 is 0. The van der Waals surface area contributed by atoms with Crippen LogP contribution in [0.3, 0.4) is 0 Å². The summed E-state index contributed by atoms with van der Waals surface area (Å²) in [4.78, 5) is 0. The smallest absolute Gasteiger partial charge is 0.101 e. The standard InChI is InChI=1S/C12H15N3/c13-8-9-3-1-2-4-12(9)15-11-6-5-10(14)7-11/h1-4,10-11,15H,5-7,14H2. The molecule has 0 heterocycles. The highest BCUT2D eigenvalue weighted by Crippen LogP contribution is 2.23. The van der Waals surface area contributed by atoms with Crippen molar-refractivity contribution < 1.29 is 0 Å². The maximum absolute atomic E-state index is 8.93. The molecule has 1 aliphatic rings. The van der Waals surface area contributed by atoms with Crippen LogP contribution in [-0.2, 0) is 0 Å². The molecule has 1 aliphatic carbocycles. The summed E-state index contributed by atoms with van der Waals surface area (Å²) in [7, 11) is 0. The van der Waals surface area contributed by atoms with E-state index in [4.69, 9.17) is 11.0 Å². The molecule has 1 aromatic rings. The van der Waals surface area contributed by atoms with Gasteiger partial charge in [0.15, 0.2) is 0 Å². The zero-order chi connectivity index (χ0) is 10.7. The number of hydrogen-bond donors (Lipinski definition) is 2. The van der Waals surface area contributed by atoms with E-state index in [1.807, 2.05) is 24.3 Å². The van der Waals surface area contributed by atoms with Crippen LogP contribution in [0.1, 0.15) is 24.8 Å². The highest BCUT2D eigenvalue weighted by Gasteiger charge is 2.21. The van der Waals surface area contributed by atoms with Crippen LogP contribution in [0.2, 0.25) is 0 Å². The van der Waals surface area contributed by atoms with E-state index in [9.17, 15) is 0 Å². The van der Waals surface area contributed by atoms with Gasteiger partial charge in [-0.2, -0.15) is 5.26 Å². The van der Waals surface area contributed by atoms with Gasteiger partial charge in [0.05, 0.1) is 11.3 Å². The minimum Gasteiger partial charge on any atom is -0.381 e. The first kappa shape index (κ1) is 10.0. The number of rotatable bonds is 2. The molecule has 0 radical (unpaired) electrons. The topological polar surface area (TPSA) is 61.8 Å². The first-order valence-corrected chi connectivity index (χ1v) is 5.31. The summed E-state index contributed by atoms with van der Waals surface area (Å²) in [6.45, 7) is 0. The molecule has 1 fully saturated rings. The Morgan fingerprint density at radius 3 is 2.80 bits per heavy atom. The number of para-hydroxylation sites is 1. The fourth-order valence-electron chi connectivity index (χ4n) is 2.07. The molecule has 0 saturated heterocycles. The van der Waals surface area contributed by atoms with Gasteiger partial charge >= 0.3 is 0 Å². The Labute approximate surface area is 89.9 Å². The third-order valence-electron chi connectivity index (χ3n) is 2.88. The number of nitrogens with two attached hydrogens (primary N) is 1. The molecule has 0 amide bonds. The second kappa shape index (κ2) is 4.33. The van der Waals surface area contributed by atoms with Crippen molar-refractivity contribution in [3.63, 3.8) is 0 Å². The second-order valence-electron chi connectivity index (χ2n) is 4.07. The van der Waals surface area contributed by atoms with Crippen molar-refractivity contribution in [3.05, 3.63) is 29.8 Å². The molecular formula is C12H15N3. The van der Waals surface area contributed by atoms with Crippen LogP contribution in [0, 0.1) is 11.3 Å². The molecule has 0 spiro atoms. The number of benzene rings is 1. The molecule has 78 valence electrons. The van der Waals surface area contributed by atoms with Gasteiger partial charge in [-0.05, 0) is 31.4 Å². The van der Waals surface area contributed by atoms with E-state index in [1.54, 1.807) is 0 Å². The lowest BCUT2D eigenvalue weighted by atomic mass is 10.1. The minimum absolute atomic E-state index is 0.316. The van der Waals surface area contributed by atoms with Gasteiger partial charge in [0.2, 0.25) is 0 Å². The average Bonchev–Trinajstić information content (AvgIpc) is 2.65. The molecular weight excluding hydrogens is 186 g/mol. The Kier molecular flexibility index (Phi) is 2.89. The average molecular weight is 201 g/mol. The number of nitrogens with zero attached hydrogens (tertiary/aromatic N) is 1. The molecule has 15 heavy (non-hydrogen) atoms. The quantitative estimate of drug-likeness (QED) is 0.767. The van der Waals surface area contributed by atoms with Crippen LogP contribution in [0.25, 0.3) is 0 Å². The van der Waals surface area contributed by atoms with Crippen molar-refractivity contribution in [3.8, 4) is 6.07 Å². The number of nitriles is 1. The summed E-state index contributed by atoms with van der Waals surface area (Å²) in [5, 5.41) is 12.3. The Bertz CT molecular complexity index is 381. The predicted molar refractivity (Wildman–Crippen MR) is 60.4 cm³/mol. The maximum atomic E-state index is 8.93. The van der Waals surface area contributed by atoms with E-state index in [-0.39, 0.29) is 0 Å². The fourth-order valence-corrected chi connectivity index (χ4v) is 2.07. The highest BCUT2D eigenvalue weighted by molar-refractivity contribution is 5.57. The Morgan fingerprint density at radius 1 is 1.33 bits per heavy atom. The monoisotopic (exact) mass is 201 g/mol. The molecule has 2 atom stereocenters. The van der Waals surface area contributed by atoms with Crippen LogP contribution >= 0.6 is 0 Å². The summed E-state index contributed by atoms with van der Waals surface area (Å²) in [5.41, 5.74) is 7.48. The van der Waals surface area contributed by atoms with E-state index in [1.165, 1.54) is 0 Å². The van der Waals surface area contributed by atoms with E-state index < -0.39 is 0 Å². The zero-order valence-electron chi connectivity index (χ0n) is 8.61. The maximum Gasteiger partial charge on any atom is 0.101 e. The van der Waals surface area contributed by atoms with Gasteiger partial charge in [0.1, 0.15) is 6.07 Å². The van der Waals surface area contributed by atoms with E-state index in [0.717, 1.165) is 24.9 Å². The van der Waals surface area contributed by atoms with Gasteiger partial charge < -0.3 is 11.1 Å². The molecule has 2 rings (SSSR count). The van der Waals surface area contributed by atoms with Crippen LogP contribution in [0.4, 0.5) is 5.69 Å². The summed E-state index contributed by atoms with van der Waals surface area (Å²) in [6, 6.07) is 10.5. The molecule has 3 heteroatoms. The van der Waals surface area contributed by atoms with Gasteiger partial charge in [-0.1, -0.05) is 12.1 Å². The first-order chi connectivity index (χ1) is 7.29. The number of anilines is 1. The molecule has 2 unspecified atom stereocenters. The predicted octanol–water partition coefficient (Wildman–Crippen LogP) is 1.85. The van der Waals surface area contributed by atoms with Gasteiger partial charge in [0.25, 0.3) is 0 Å². The van der Waals surface area contributed by atoms with Crippen molar-refractivity contribution in [2.75, 3.05) is 5.32 Å². The fraction of sp³-hybridized carbons (Fsp3) is 0.417. The lowest BCUT2D eigenvalue weighted by molar-refractivity contribution is 0.688. The zero-order valence-corrected chi connectivity index (χ0v) is 8.61. The second-order valence-corrected chi connectivity index (χ2v) is 4.07. The van der Waals surface area contributed by atoms with Crippen molar-refractivity contribution in [2.24, 2.45) is 5.73 Å². The lowest BCUT2D eigenvalue weighted by Gasteiger charge is -2.14. The van der Waals surface area contributed by atoms with Crippen molar-refractivity contribution >= 4 is 5.69 Å². The van der Waals surface area contributed by atoms with E-state index in [2.05, 4.69) is 11.4 Å². The SMILES string of the molecule is N#Cc1ccccc1NC1CCC(N)C1. The van der Waals surface area contributed by atoms with Crippen LogP contribution in [0.15, 0.2) is 24.3 Å². The first-order valence-electron chi connectivity index (χ1n) is 5.31. The summed E-state index contributed by atoms with van der Waals surface area (Å²) < 4.78 is 0. The van der Waals surface area contributed by atoms with Crippen molar-refractivity contribution in [1.29, 1.82) is 5.26 Å². The van der Waals surface area contributed by atoms with Gasteiger partial charge in [-0.15, -0.1) is 0 Å². The largest absolute Gasteiger partial charge is 0.381 e. The molecule has 3 nitrogen and oxygen atoms in total. The third kappa shape index (κ3) is 2.28. The Hall–Kier alpha value is -1.53. The molecule has 3 N–H and O–H groups in total. The molecule has 1 aromatic carbocycles. The summed E-state index contributed by atoms with van der Waals surface area (Å²) in [5.74, 6) is 0. The number of nitrogens with one attached hydrogen (secondary N) is 1. The third-order valence-corrected chi connectivity index (χ3v) is 2.88. The van der Waals surface area contributed by atoms with E-state index >= 15 is 0 Å². The minimum atomic E-state index is 0.316. The van der Waals surface area contributed by atoms with Crippen LogP contribution in [0.5, 0.6) is 0 Å². The van der Waals surface area contributed by atoms with Crippen LogP contribution < -0.4 is 11.1 Å². The van der Waals surface area contributed by atoms with Gasteiger partial charge in [-0.3, -0.25) is 0 Å². The molecule has 1 saturated carbocycles. The summed E-state index contributed by atoms with van der Waals surface area (Å²) in [6.07, 6.45) is 3.17. The van der Waals surface area contributed by atoms with E-state index in [0.29, 0.717) is 17.6 Å². The van der Waals surface area contributed by atoms with Gasteiger partial charge in [-0.25, -0.2) is 0 Å². The molecule has 0 aliphatic heterocycles.